The van der Waals surface area contributed by atoms with Gasteiger partial charge in [-0.25, -0.2) is 0 Å². The van der Waals surface area contributed by atoms with Crippen LogP contribution in [0.15, 0.2) is 84.9 Å². The normalized spacial score (nSPS) is 11.8. The summed E-state index contributed by atoms with van der Waals surface area (Å²) in [4.78, 5) is 28.2. The van der Waals surface area contributed by atoms with Gasteiger partial charge < -0.3 is 10.2 Å². The van der Waals surface area contributed by atoms with E-state index in [-0.39, 0.29) is 30.7 Å². The number of hydrogen-bond acceptors (Lipinski definition) is 2. The average molecular weight is 463 g/mol. The van der Waals surface area contributed by atoms with Crippen LogP contribution in [0.1, 0.15) is 49.3 Å². The van der Waals surface area contributed by atoms with E-state index < -0.39 is 6.04 Å². The Bertz CT molecular complexity index is 1000. The Labute approximate surface area is 201 Å². The number of rotatable bonds is 10. The Morgan fingerprint density at radius 3 is 1.97 bits per heavy atom. The smallest absolute Gasteiger partial charge is 0.242 e. The highest BCUT2D eigenvalue weighted by Crippen LogP contribution is 2.30. The van der Waals surface area contributed by atoms with Crippen molar-refractivity contribution in [2.45, 2.75) is 45.2 Å². The molecule has 0 radical (unpaired) electrons. The zero-order chi connectivity index (χ0) is 23.6. The summed E-state index contributed by atoms with van der Waals surface area (Å²) in [7, 11) is 0. The van der Waals surface area contributed by atoms with E-state index in [1.807, 2.05) is 85.8 Å². The van der Waals surface area contributed by atoms with E-state index in [9.17, 15) is 9.59 Å². The SMILES string of the molecule is CCCNC(=O)[C@H](C)N(Cc1ccccc1Cl)C(=O)CC(c1ccccc1)c1ccccc1. The molecule has 1 atom stereocenters. The molecule has 0 fully saturated rings. The number of halogens is 1. The molecule has 0 heterocycles. The van der Waals surface area contributed by atoms with Gasteiger partial charge in [-0.15, -0.1) is 0 Å². The summed E-state index contributed by atoms with van der Waals surface area (Å²) >= 11 is 6.40. The van der Waals surface area contributed by atoms with Gasteiger partial charge in [-0.3, -0.25) is 9.59 Å². The highest BCUT2D eigenvalue weighted by molar-refractivity contribution is 6.31. The predicted octanol–water partition coefficient (Wildman–Crippen LogP) is 5.81. The van der Waals surface area contributed by atoms with Gasteiger partial charge in [-0.2, -0.15) is 0 Å². The van der Waals surface area contributed by atoms with Crippen LogP contribution >= 0.6 is 11.6 Å². The molecule has 3 rings (SSSR count). The third kappa shape index (κ3) is 6.69. The topological polar surface area (TPSA) is 49.4 Å². The molecule has 0 aromatic heterocycles. The molecule has 0 saturated carbocycles. The molecule has 172 valence electrons. The van der Waals surface area contributed by atoms with Gasteiger partial charge in [0.15, 0.2) is 0 Å². The minimum atomic E-state index is -0.618. The molecule has 0 bridgehead atoms. The molecule has 1 N–H and O–H groups in total. The van der Waals surface area contributed by atoms with Gasteiger partial charge in [0, 0.05) is 30.5 Å². The number of carbonyl (C=O) groups is 2. The summed E-state index contributed by atoms with van der Waals surface area (Å²) in [5.74, 6) is -0.362. The van der Waals surface area contributed by atoms with Crippen LogP contribution in [0.2, 0.25) is 5.02 Å². The number of hydrogen-bond donors (Lipinski definition) is 1. The second kappa shape index (κ2) is 12.2. The molecule has 3 aromatic carbocycles. The van der Waals surface area contributed by atoms with Crippen molar-refractivity contribution in [2.75, 3.05) is 6.54 Å². The maximum Gasteiger partial charge on any atom is 0.242 e. The molecule has 0 unspecified atom stereocenters. The molecular weight excluding hydrogens is 432 g/mol. The summed E-state index contributed by atoms with van der Waals surface area (Å²) in [6, 6.07) is 26.9. The van der Waals surface area contributed by atoms with Crippen LogP contribution < -0.4 is 5.32 Å². The van der Waals surface area contributed by atoms with Gasteiger partial charge in [-0.1, -0.05) is 97.4 Å². The fourth-order valence-electron chi connectivity index (χ4n) is 3.88. The monoisotopic (exact) mass is 462 g/mol. The molecular formula is C28H31ClN2O2. The van der Waals surface area contributed by atoms with Crippen LogP contribution in [-0.2, 0) is 16.1 Å². The van der Waals surface area contributed by atoms with Crippen LogP contribution in [0.25, 0.3) is 0 Å². The first kappa shape index (κ1) is 24.5. The molecule has 0 saturated heterocycles. The summed E-state index contributed by atoms with van der Waals surface area (Å²) in [5.41, 5.74) is 2.95. The summed E-state index contributed by atoms with van der Waals surface area (Å²) in [5, 5.41) is 3.50. The fraction of sp³-hybridized carbons (Fsp3) is 0.286. The number of benzene rings is 3. The lowest BCUT2D eigenvalue weighted by Gasteiger charge is -2.31. The van der Waals surface area contributed by atoms with E-state index in [4.69, 9.17) is 11.6 Å². The standard InChI is InChI=1S/C28H31ClN2O2/c1-3-18-30-28(33)21(2)31(20-24-16-10-11-17-26(24)29)27(32)19-25(22-12-6-4-7-13-22)23-14-8-5-9-15-23/h4-17,21,25H,3,18-20H2,1-2H3,(H,30,33)/t21-/m0/s1. The quantitative estimate of drug-likeness (QED) is 0.413. The minimum absolute atomic E-state index is 0.0909. The van der Waals surface area contributed by atoms with Crippen molar-refractivity contribution in [3.8, 4) is 0 Å². The molecule has 0 aliphatic heterocycles. The fourth-order valence-corrected chi connectivity index (χ4v) is 4.07. The molecule has 2 amide bonds. The molecule has 0 aliphatic rings. The maximum atomic E-state index is 13.7. The lowest BCUT2D eigenvalue weighted by molar-refractivity contribution is -0.140. The summed E-state index contributed by atoms with van der Waals surface area (Å²) < 4.78 is 0. The molecule has 3 aromatic rings. The van der Waals surface area contributed by atoms with E-state index in [1.165, 1.54) is 0 Å². The lowest BCUT2D eigenvalue weighted by Crippen LogP contribution is -2.48. The third-order valence-electron chi connectivity index (χ3n) is 5.80. The van der Waals surface area contributed by atoms with Gasteiger partial charge in [-0.05, 0) is 36.1 Å². The van der Waals surface area contributed by atoms with Gasteiger partial charge in [0.25, 0.3) is 0 Å². The Balaban J connectivity index is 1.91. The van der Waals surface area contributed by atoms with Crippen molar-refractivity contribution < 1.29 is 9.59 Å². The second-order valence-corrected chi connectivity index (χ2v) is 8.57. The van der Waals surface area contributed by atoms with Crippen molar-refractivity contribution in [1.82, 2.24) is 10.2 Å². The maximum absolute atomic E-state index is 13.7. The van der Waals surface area contributed by atoms with E-state index in [0.717, 1.165) is 23.1 Å². The molecule has 5 heteroatoms. The number of nitrogens with zero attached hydrogens (tertiary/aromatic N) is 1. The summed E-state index contributed by atoms with van der Waals surface area (Å²) in [6.07, 6.45) is 1.09. The first-order chi connectivity index (χ1) is 16.0. The Morgan fingerprint density at radius 2 is 1.42 bits per heavy atom. The van der Waals surface area contributed by atoms with Crippen LogP contribution in [-0.4, -0.2) is 29.3 Å². The van der Waals surface area contributed by atoms with Crippen LogP contribution in [0.5, 0.6) is 0 Å². The highest BCUT2D eigenvalue weighted by atomic mass is 35.5. The predicted molar refractivity (Wildman–Crippen MR) is 134 cm³/mol. The van der Waals surface area contributed by atoms with Gasteiger partial charge in [0.2, 0.25) is 11.8 Å². The van der Waals surface area contributed by atoms with Crippen molar-refractivity contribution in [2.24, 2.45) is 0 Å². The number of nitrogens with one attached hydrogen (secondary N) is 1. The first-order valence-electron chi connectivity index (χ1n) is 11.4. The van der Waals surface area contributed by atoms with Gasteiger partial charge in [0.05, 0.1) is 0 Å². The zero-order valence-corrected chi connectivity index (χ0v) is 20.0. The highest BCUT2D eigenvalue weighted by Gasteiger charge is 2.29. The Hall–Kier alpha value is -3.11. The van der Waals surface area contributed by atoms with Crippen LogP contribution in [0, 0.1) is 0 Å². The number of amides is 2. The summed E-state index contributed by atoms with van der Waals surface area (Å²) in [6.45, 7) is 4.63. The molecule has 33 heavy (non-hydrogen) atoms. The lowest BCUT2D eigenvalue weighted by atomic mass is 9.88. The van der Waals surface area contributed by atoms with E-state index in [1.54, 1.807) is 17.9 Å². The van der Waals surface area contributed by atoms with Crippen LogP contribution in [0.4, 0.5) is 0 Å². The van der Waals surface area contributed by atoms with Crippen LogP contribution in [0.3, 0.4) is 0 Å². The van der Waals surface area contributed by atoms with Crippen molar-refractivity contribution in [3.63, 3.8) is 0 Å². The second-order valence-electron chi connectivity index (χ2n) is 8.16. The largest absolute Gasteiger partial charge is 0.354 e. The van der Waals surface area contributed by atoms with E-state index >= 15 is 0 Å². The third-order valence-corrected chi connectivity index (χ3v) is 6.17. The van der Waals surface area contributed by atoms with Crippen molar-refractivity contribution >= 4 is 23.4 Å². The average Bonchev–Trinajstić information content (AvgIpc) is 2.85. The van der Waals surface area contributed by atoms with Gasteiger partial charge >= 0.3 is 0 Å². The van der Waals surface area contributed by atoms with E-state index in [0.29, 0.717) is 11.6 Å². The first-order valence-corrected chi connectivity index (χ1v) is 11.8. The Morgan fingerprint density at radius 1 is 0.879 bits per heavy atom. The van der Waals surface area contributed by atoms with E-state index in [2.05, 4.69) is 5.32 Å². The van der Waals surface area contributed by atoms with Gasteiger partial charge in [0.1, 0.15) is 6.04 Å². The van der Waals surface area contributed by atoms with Crippen molar-refractivity contribution in [1.29, 1.82) is 0 Å². The molecule has 4 nitrogen and oxygen atoms in total. The zero-order valence-electron chi connectivity index (χ0n) is 19.2. The molecule has 0 spiro atoms. The Kier molecular flexibility index (Phi) is 9.08. The molecule has 0 aliphatic carbocycles. The number of carbonyl (C=O) groups excluding carboxylic acids is 2. The minimum Gasteiger partial charge on any atom is -0.354 e. The van der Waals surface area contributed by atoms with Crippen molar-refractivity contribution in [3.05, 3.63) is 107 Å².